The van der Waals surface area contributed by atoms with Crippen molar-refractivity contribution in [3.63, 3.8) is 0 Å². The van der Waals surface area contributed by atoms with Crippen LogP contribution in [0.2, 0.25) is 5.02 Å². The highest BCUT2D eigenvalue weighted by Gasteiger charge is 2.11. The van der Waals surface area contributed by atoms with Gasteiger partial charge in [-0.15, -0.1) is 0 Å². The fourth-order valence-corrected chi connectivity index (χ4v) is 2.40. The number of hydrogen-bond acceptors (Lipinski definition) is 3. The van der Waals surface area contributed by atoms with Gasteiger partial charge in [0.25, 0.3) is 0 Å². The number of nitrogens with two attached hydrogens (primary N) is 1. The normalized spacial score (nSPS) is 11.0. The maximum Gasteiger partial charge on any atom is 0.118 e. The molecule has 3 aromatic rings. The minimum Gasteiger partial charge on any atom is -0.396 e. The van der Waals surface area contributed by atoms with E-state index in [9.17, 15) is 0 Å². The van der Waals surface area contributed by atoms with E-state index in [0.29, 0.717) is 12.2 Å². The Balaban J connectivity index is 1.89. The molecule has 0 amide bonds. The second-order valence-corrected chi connectivity index (χ2v) is 5.21. The number of nitrogens with zero attached hydrogens (tertiary/aromatic N) is 4. The number of aryl methyl sites for hydroxylation is 1. The third-order valence-corrected chi connectivity index (χ3v) is 3.68. The van der Waals surface area contributed by atoms with Crippen LogP contribution >= 0.6 is 11.6 Å². The molecule has 0 saturated carbocycles. The Labute approximate surface area is 127 Å². The summed E-state index contributed by atoms with van der Waals surface area (Å²) in [7, 11) is 0. The number of halogens is 1. The largest absolute Gasteiger partial charge is 0.396 e. The molecule has 21 heavy (non-hydrogen) atoms. The standard InChI is InChI=1S/C15H16ClN5/c1-2-20-9-12(7-18-20)15-14(17)10-21(19-15)8-11-5-3-4-6-13(11)16/h3-7,9-10H,2,8,17H2,1H3. The number of benzene rings is 1. The van der Waals surface area contributed by atoms with E-state index >= 15 is 0 Å². The molecule has 1 aromatic carbocycles. The monoisotopic (exact) mass is 301 g/mol. The lowest BCUT2D eigenvalue weighted by Gasteiger charge is -2.03. The van der Waals surface area contributed by atoms with Crippen LogP contribution in [0.25, 0.3) is 11.3 Å². The van der Waals surface area contributed by atoms with Crippen molar-refractivity contribution >= 4 is 17.3 Å². The van der Waals surface area contributed by atoms with Crippen LogP contribution in [0, 0.1) is 0 Å². The van der Waals surface area contributed by atoms with Crippen LogP contribution in [-0.4, -0.2) is 19.6 Å². The Kier molecular flexibility index (Phi) is 3.66. The Bertz CT molecular complexity index is 759. The zero-order valence-corrected chi connectivity index (χ0v) is 12.5. The van der Waals surface area contributed by atoms with E-state index in [0.717, 1.165) is 28.4 Å². The third-order valence-electron chi connectivity index (χ3n) is 3.31. The van der Waals surface area contributed by atoms with Crippen LogP contribution in [0.1, 0.15) is 12.5 Å². The first kappa shape index (κ1) is 13.7. The molecule has 0 unspecified atom stereocenters. The molecule has 0 saturated heterocycles. The van der Waals surface area contributed by atoms with Crippen molar-refractivity contribution in [2.45, 2.75) is 20.0 Å². The summed E-state index contributed by atoms with van der Waals surface area (Å²) in [5.74, 6) is 0. The van der Waals surface area contributed by atoms with E-state index in [-0.39, 0.29) is 0 Å². The maximum atomic E-state index is 6.17. The van der Waals surface area contributed by atoms with E-state index in [2.05, 4.69) is 10.2 Å². The molecule has 0 spiro atoms. The molecule has 2 N–H and O–H groups in total. The van der Waals surface area contributed by atoms with Gasteiger partial charge in [-0.1, -0.05) is 29.8 Å². The van der Waals surface area contributed by atoms with E-state index in [1.165, 1.54) is 0 Å². The van der Waals surface area contributed by atoms with Gasteiger partial charge < -0.3 is 5.73 Å². The van der Waals surface area contributed by atoms with Crippen molar-refractivity contribution in [2.75, 3.05) is 5.73 Å². The molecule has 5 nitrogen and oxygen atoms in total. The second-order valence-electron chi connectivity index (χ2n) is 4.81. The molecular formula is C15H16ClN5. The molecule has 0 aliphatic heterocycles. The zero-order valence-electron chi connectivity index (χ0n) is 11.7. The molecule has 0 aliphatic rings. The third kappa shape index (κ3) is 2.78. The van der Waals surface area contributed by atoms with Gasteiger partial charge in [-0.05, 0) is 18.6 Å². The van der Waals surface area contributed by atoms with Gasteiger partial charge in [0.2, 0.25) is 0 Å². The van der Waals surface area contributed by atoms with Gasteiger partial charge in [0.05, 0.1) is 18.4 Å². The molecule has 2 aromatic heterocycles. The quantitative estimate of drug-likeness (QED) is 0.805. The minimum atomic E-state index is 0.589. The lowest BCUT2D eigenvalue weighted by molar-refractivity contribution is 0.660. The van der Waals surface area contributed by atoms with E-state index in [1.54, 1.807) is 10.9 Å². The first-order valence-corrected chi connectivity index (χ1v) is 7.14. The van der Waals surface area contributed by atoms with Gasteiger partial charge in [0.15, 0.2) is 0 Å². The Hall–Kier alpha value is -2.27. The molecule has 0 fully saturated rings. The van der Waals surface area contributed by atoms with Crippen LogP contribution < -0.4 is 5.73 Å². The number of anilines is 1. The van der Waals surface area contributed by atoms with Crippen LogP contribution in [0.3, 0.4) is 0 Å². The predicted molar refractivity (Wildman–Crippen MR) is 84.1 cm³/mol. The minimum absolute atomic E-state index is 0.589. The first-order valence-electron chi connectivity index (χ1n) is 6.76. The average Bonchev–Trinajstić information content (AvgIpc) is 3.08. The van der Waals surface area contributed by atoms with Crippen molar-refractivity contribution in [2.24, 2.45) is 0 Å². The highest BCUT2D eigenvalue weighted by atomic mass is 35.5. The number of hydrogen-bond donors (Lipinski definition) is 1. The molecule has 0 aliphatic carbocycles. The summed E-state index contributed by atoms with van der Waals surface area (Å²) >= 11 is 6.17. The summed E-state index contributed by atoms with van der Waals surface area (Å²) in [6.07, 6.45) is 5.54. The van der Waals surface area contributed by atoms with Gasteiger partial charge in [-0.2, -0.15) is 10.2 Å². The summed E-state index contributed by atoms with van der Waals surface area (Å²) < 4.78 is 3.65. The van der Waals surface area contributed by atoms with E-state index in [1.807, 2.05) is 48.3 Å². The van der Waals surface area contributed by atoms with Gasteiger partial charge in [-0.25, -0.2) is 0 Å². The SMILES string of the molecule is CCn1cc(-c2nn(Cc3ccccc3Cl)cc2N)cn1. The molecule has 108 valence electrons. The fourth-order valence-electron chi connectivity index (χ4n) is 2.20. The molecule has 0 atom stereocenters. The topological polar surface area (TPSA) is 61.7 Å². The second kappa shape index (κ2) is 5.61. The van der Waals surface area contributed by atoms with Crippen molar-refractivity contribution in [3.8, 4) is 11.3 Å². The summed E-state index contributed by atoms with van der Waals surface area (Å²) in [5, 5.41) is 9.52. The lowest BCUT2D eigenvalue weighted by Crippen LogP contribution is -2.00. The summed E-state index contributed by atoms with van der Waals surface area (Å²) in [6, 6.07) is 7.72. The van der Waals surface area contributed by atoms with Crippen LogP contribution in [-0.2, 0) is 13.1 Å². The summed E-state index contributed by atoms with van der Waals surface area (Å²) in [6.45, 7) is 3.45. The Morgan fingerprint density at radius 1 is 1.19 bits per heavy atom. The van der Waals surface area contributed by atoms with Crippen molar-refractivity contribution in [3.05, 3.63) is 53.4 Å². The van der Waals surface area contributed by atoms with E-state index < -0.39 is 0 Å². The average molecular weight is 302 g/mol. The van der Waals surface area contributed by atoms with Crippen molar-refractivity contribution < 1.29 is 0 Å². The Morgan fingerprint density at radius 3 is 2.71 bits per heavy atom. The molecule has 0 radical (unpaired) electrons. The molecule has 6 heteroatoms. The highest BCUT2D eigenvalue weighted by molar-refractivity contribution is 6.31. The number of aromatic nitrogens is 4. The van der Waals surface area contributed by atoms with Gasteiger partial charge in [-0.3, -0.25) is 9.36 Å². The van der Waals surface area contributed by atoms with E-state index in [4.69, 9.17) is 17.3 Å². The molecule has 3 rings (SSSR count). The number of rotatable bonds is 4. The van der Waals surface area contributed by atoms with Gasteiger partial charge in [0.1, 0.15) is 5.69 Å². The first-order chi connectivity index (χ1) is 10.2. The molecule has 0 bridgehead atoms. The van der Waals surface area contributed by atoms with Gasteiger partial charge >= 0.3 is 0 Å². The van der Waals surface area contributed by atoms with Crippen molar-refractivity contribution in [1.82, 2.24) is 19.6 Å². The molecule has 2 heterocycles. The summed E-state index contributed by atoms with van der Waals surface area (Å²) in [4.78, 5) is 0. The predicted octanol–water partition coefficient (Wildman–Crippen LogP) is 3.05. The summed E-state index contributed by atoms with van der Waals surface area (Å²) in [5.41, 5.74) is 9.39. The zero-order chi connectivity index (χ0) is 14.8. The van der Waals surface area contributed by atoms with Crippen molar-refractivity contribution in [1.29, 1.82) is 0 Å². The molecular weight excluding hydrogens is 286 g/mol. The number of nitrogen functional groups attached to an aromatic ring is 1. The van der Waals surface area contributed by atoms with Crippen LogP contribution in [0.5, 0.6) is 0 Å². The fraction of sp³-hybridized carbons (Fsp3) is 0.200. The smallest absolute Gasteiger partial charge is 0.118 e. The highest BCUT2D eigenvalue weighted by Crippen LogP contribution is 2.24. The van der Waals surface area contributed by atoms with Gasteiger partial charge in [0, 0.05) is 29.5 Å². The maximum absolute atomic E-state index is 6.17. The Morgan fingerprint density at radius 2 is 2.00 bits per heavy atom. The van der Waals surface area contributed by atoms with Crippen LogP contribution in [0.15, 0.2) is 42.9 Å². The van der Waals surface area contributed by atoms with Crippen LogP contribution in [0.4, 0.5) is 5.69 Å². The lowest BCUT2D eigenvalue weighted by atomic mass is 10.2.